The highest BCUT2D eigenvalue weighted by atomic mass is 16.6. The first-order chi connectivity index (χ1) is 26.0. The highest BCUT2D eigenvalue weighted by molar-refractivity contribution is 5.94. The van der Waals surface area contributed by atoms with E-state index in [-0.39, 0.29) is 72.3 Å². The Morgan fingerprint density at radius 2 is 0.704 bits per heavy atom. The molecule has 0 heterocycles. The van der Waals surface area contributed by atoms with Crippen molar-refractivity contribution in [2.45, 2.75) is 74.1 Å². The third-order valence-electron chi connectivity index (χ3n) is 10.6. The van der Waals surface area contributed by atoms with Gasteiger partial charge >= 0.3 is 23.9 Å². The fourth-order valence-corrected chi connectivity index (χ4v) is 9.05. The molecule has 2 N–H and O–H groups in total. The number of carbonyl (C=O) groups is 4. The minimum atomic E-state index is -1.49. The lowest BCUT2D eigenvalue weighted by atomic mass is 9.48. The average molecular weight is 737 g/mol. The molecule has 0 radical (unpaired) electrons. The van der Waals surface area contributed by atoms with Crippen molar-refractivity contribution in [1.82, 2.24) is 0 Å². The third kappa shape index (κ3) is 6.78. The zero-order valence-corrected chi connectivity index (χ0v) is 29.9. The molecule has 0 unspecified atom stereocenters. The summed E-state index contributed by atoms with van der Waals surface area (Å²) in [6, 6.07) is 26.0. The van der Waals surface area contributed by atoms with Gasteiger partial charge in [-0.3, -0.25) is 0 Å². The van der Waals surface area contributed by atoms with E-state index < -0.39 is 59.5 Å². The normalized spacial score (nSPS) is 25.0. The van der Waals surface area contributed by atoms with Gasteiger partial charge in [0.25, 0.3) is 0 Å². The van der Waals surface area contributed by atoms with E-state index in [1.54, 1.807) is 84.9 Å². The fraction of sp³-hybridized carbons (Fsp3) is 0.333. The van der Waals surface area contributed by atoms with Crippen LogP contribution in [-0.4, -0.2) is 70.7 Å². The Hall–Kier alpha value is -5.72. The van der Waals surface area contributed by atoms with Crippen LogP contribution in [-0.2, 0) is 32.2 Å². The monoisotopic (exact) mass is 736 g/mol. The van der Waals surface area contributed by atoms with Crippen LogP contribution in [0.15, 0.2) is 97.1 Å². The molecule has 4 aromatic carbocycles. The third-order valence-corrected chi connectivity index (χ3v) is 10.6. The number of rotatable bonds is 12. The molecule has 0 aliphatic heterocycles. The van der Waals surface area contributed by atoms with Gasteiger partial charge in [0.1, 0.15) is 45.0 Å². The van der Waals surface area contributed by atoms with Crippen molar-refractivity contribution in [3.05, 3.63) is 130 Å². The zero-order chi connectivity index (χ0) is 38.1. The smallest absolute Gasteiger partial charge is 0.342 e. The summed E-state index contributed by atoms with van der Waals surface area (Å²) >= 11 is 0. The van der Waals surface area contributed by atoms with Crippen molar-refractivity contribution in [2.75, 3.05) is 14.2 Å². The topological polar surface area (TPSA) is 164 Å². The van der Waals surface area contributed by atoms with Gasteiger partial charge in [-0.15, -0.1) is 0 Å². The highest BCUT2D eigenvalue weighted by Crippen LogP contribution is 2.66. The summed E-state index contributed by atoms with van der Waals surface area (Å²) in [5.41, 5.74) is -4.75. The molecular weight excluding hydrogens is 696 g/mol. The van der Waals surface area contributed by atoms with Crippen LogP contribution in [0.4, 0.5) is 0 Å². The van der Waals surface area contributed by atoms with Gasteiger partial charge < -0.3 is 38.6 Å². The van der Waals surface area contributed by atoms with Crippen LogP contribution in [0.25, 0.3) is 0 Å². The predicted octanol–water partition coefficient (Wildman–Crippen LogP) is 5.75. The van der Waals surface area contributed by atoms with Crippen molar-refractivity contribution >= 4 is 23.9 Å². The summed E-state index contributed by atoms with van der Waals surface area (Å²) in [6.07, 6.45) is -0.0333. The molecule has 8 rings (SSSR count). The number of carbonyl (C=O) groups excluding carboxylic acids is 4. The maximum atomic E-state index is 14.1. The van der Waals surface area contributed by atoms with Gasteiger partial charge in [-0.25, -0.2) is 19.2 Å². The SMILES string of the molecule is COc1ccccc1C(=O)OC12CC3(OC(=O)c4ccccc4CO)CC(OC(=O)c4ccccc4CO)(C1)CC(OC(=O)c1ccccc1OC)(C3)C2. The Labute approximate surface area is 311 Å². The first-order valence-corrected chi connectivity index (χ1v) is 17.6. The molecule has 4 aliphatic rings. The molecule has 4 aliphatic carbocycles. The number of ether oxygens (including phenoxy) is 6. The zero-order valence-electron chi connectivity index (χ0n) is 29.9. The molecule has 0 aromatic heterocycles. The minimum absolute atomic E-state index is 0.000826. The molecule has 12 nitrogen and oxygen atoms in total. The van der Waals surface area contributed by atoms with Gasteiger partial charge in [0.05, 0.1) is 38.6 Å². The van der Waals surface area contributed by atoms with Crippen molar-refractivity contribution < 1.29 is 57.8 Å². The molecule has 4 saturated carbocycles. The molecule has 12 heteroatoms. The molecule has 4 fully saturated rings. The number of para-hydroxylation sites is 2. The molecule has 0 amide bonds. The largest absolute Gasteiger partial charge is 0.496 e. The summed E-state index contributed by atoms with van der Waals surface area (Å²) in [6.45, 7) is -0.851. The van der Waals surface area contributed by atoms with Crippen molar-refractivity contribution in [3.63, 3.8) is 0 Å². The van der Waals surface area contributed by atoms with Gasteiger partial charge in [-0.1, -0.05) is 60.7 Å². The second-order valence-corrected chi connectivity index (χ2v) is 14.4. The number of methoxy groups -OCH3 is 2. The molecular formula is C42H40O12. The quantitative estimate of drug-likeness (QED) is 0.134. The summed E-state index contributed by atoms with van der Waals surface area (Å²) in [5.74, 6) is -2.45. The molecule has 4 bridgehead atoms. The Morgan fingerprint density at radius 3 is 1.00 bits per heavy atom. The first kappa shape index (κ1) is 36.6. The van der Waals surface area contributed by atoms with Gasteiger partial charge in [0, 0.05) is 38.5 Å². The highest BCUT2D eigenvalue weighted by Gasteiger charge is 2.74. The van der Waals surface area contributed by atoms with Crippen molar-refractivity contribution in [3.8, 4) is 11.5 Å². The maximum Gasteiger partial charge on any atom is 0.342 e. The Balaban J connectivity index is 1.36. The molecule has 54 heavy (non-hydrogen) atoms. The van der Waals surface area contributed by atoms with Crippen LogP contribution >= 0.6 is 0 Å². The first-order valence-electron chi connectivity index (χ1n) is 17.6. The Morgan fingerprint density at radius 1 is 0.444 bits per heavy atom. The Kier molecular flexibility index (Phi) is 9.67. The fourth-order valence-electron chi connectivity index (χ4n) is 9.05. The van der Waals surface area contributed by atoms with Crippen LogP contribution in [0.3, 0.4) is 0 Å². The average Bonchev–Trinajstić information content (AvgIpc) is 3.16. The van der Waals surface area contributed by atoms with E-state index in [0.29, 0.717) is 11.1 Å². The van der Waals surface area contributed by atoms with E-state index in [1.165, 1.54) is 26.4 Å². The molecule has 4 aromatic rings. The van der Waals surface area contributed by atoms with E-state index in [4.69, 9.17) is 28.4 Å². The van der Waals surface area contributed by atoms with Gasteiger partial charge in [-0.2, -0.15) is 0 Å². The van der Waals surface area contributed by atoms with E-state index in [1.807, 2.05) is 0 Å². The lowest BCUT2D eigenvalue weighted by molar-refractivity contribution is -0.292. The van der Waals surface area contributed by atoms with E-state index >= 15 is 0 Å². The molecule has 0 spiro atoms. The summed E-state index contributed by atoms with van der Waals surface area (Å²) in [7, 11) is 2.86. The van der Waals surface area contributed by atoms with Crippen LogP contribution in [0.1, 0.15) is 91.1 Å². The van der Waals surface area contributed by atoms with Crippen LogP contribution in [0, 0.1) is 0 Å². The number of esters is 4. The van der Waals surface area contributed by atoms with E-state index in [2.05, 4.69) is 0 Å². The lowest BCUT2D eigenvalue weighted by Crippen LogP contribution is -2.75. The van der Waals surface area contributed by atoms with Gasteiger partial charge in [0.15, 0.2) is 0 Å². The number of benzene rings is 4. The summed E-state index contributed by atoms with van der Waals surface area (Å²) in [5, 5.41) is 20.1. The Bertz CT molecular complexity index is 1770. The van der Waals surface area contributed by atoms with Crippen LogP contribution in [0.2, 0.25) is 0 Å². The van der Waals surface area contributed by atoms with Crippen molar-refractivity contribution in [2.24, 2.45) is 0 Å². The summed E-state index contributed by atoms with van der Waals surface area (Å²) < 4.78 is 36.7. The van der Waals surface area contributed by atoms with Gasteiger partial charge in [-0.05, 0) is 47.5 Å². The minimum Gasteiger partial charge on any atom is -0.496 e. The van der Waals surface area contributed by atoms with Crippen molar-refractivity contribution in [1.29, 1.82) is 0 Å². The number of hydrogen-bond donors (Lipinski definition) is 2. The molecule has 280 valence electrons. The number of hydrogen-bond acceptors (Lipinski definition) is 12. The van der Waals surface area contributed by atoms with E-state index in [9.17, 15) is 29.4 Å². The standard InChI is InChI=1S/C42H40O12/c1-49-33-17-9-7-15-31(33)37(47)53-41-22-39(51-35(45)29-13-5-3-11-27(29)19-43)21-40(23-41,52-36(46)30-14-6-4-12-28(30)20-44)25-42(24-39,26-41)54-38(48)32-16-8-10-18-34(32)50-2/h3-18,43-44H,19-26H2,1-2H3. The molecule has 0 atom stereocenters. The van der Waals surface area contributed by atoms with Crippen LogP contribution < -0.4 is 9.47 Å². The van der Waals surface area contributed by atoms with E-state index in [0.717, 1.165) is 0 Å². The predicted molar refractivity (Wildman–Crippen MR) is 191 cm³/mol. The number of aliphatic hydroxyl groups is 2. The second kappa shape index (κ2) is 14.3. The number of aliphatic hydroxyl groups excluding tert-OH is 2. The van der Waals surface area contributed by atoms with Crippen LogP contribution in [0.5, 0.6) is 11.5 Å². The summed E-state index contributed by atoms with van der Waals surface area (Å²) in [4.78, 5) is 56.4. The maximum absolute atomic E-state index is 14.1. The second-order valence-electron chi connectivity index (χ2n) is 14.4. The molecule has 0 saturated heterocycles. The van der Waals surface area contributed by atoms with Gasteiger partial charge in [0.2, 0.25) is 0 Å². The lowest BCUT2D eigenvalue weighted by Gasteiger charge is -2.66.